The standard InChI is InChI=1S/C28H31Cl2N3O5S/c1-4-38-22-15-13-21(14-16-22)33(39(3,36)37)19-27(34)32(18-23-24(29)11-8-12-25(23)30)26(28(35)31-2)17-20-9-6-5-7-10-20/h5-16,26H,4,17-19H2,1-3H3,(H,31,35)/t26-/m0/s1. The van der Waals surface area contributed by atoms with Gasteiger partial charge in [0.2, 0.25) is 21.8 Å². The molecule has 3 aromatic carbocycles. The van der Waals surface area contributed by atoms with Crippen molar-refractivity contribution in [3.05, 3.63) is 94.0 Å². The van der Waals surface area contributed by atoms with Crippen molar-refractivity contribution in [3.8, 4) is 5.75 Å². The molecule has 1 atom stereocenters. The number of nitrogens with one attached hydrogen (secondary N) is 1. The molecular weight excluding hydrogens is 561 g/mol. The van der Waals surface area contributed by atoms with E-state index in [1.54, 1.807) is 42.5 Å². The second kappa shape index (κ2) is 13.7. The van der Waals surface area contributed by atoms with E-state index < -0.39 is 34.4 Å². The lowest BCUT2D eigenvalue weighted by atomic mass is 10.0. The molecule has 0 spiro atoms. The molecule has 0 saturated heterocycles. The van der Waals surface area contributed by atoms with Gasteiger partial charge < -0.3 is 15.0 Å². The Morgan fingerprint density at radius 2 is 1.56 bits per heavy atom. The second-order valence-corrected chi connectivity index (χ2v) is 11.5. The number of benzene rings is 3. The smallest absolute Gasteiger partial charge is 0.244 e. The summed E-state index contributed by atoms with van der Waals surface area (Å²) in [5, 5.41) is 3.27. The van der Waals surface area contributed by atoms with Gasteiger partial charge in [-0.1, -0.05) is 59.6 Å². The number of rotatable bonds is 12. The third-order valence-electron chi connectivity index (χ3n) is 6.02. The Labute approximate surface area is 239 Å². The average molecular weight is 593 g/mol. The highest BCUT2D eigenvalue weighted by Gasteiger charge is 2.33. The van der Waals surface area contributed by atoms with E-state index in [2.05, 4.69) is 5.32 Å². The molecule has 0 aliphatic carbocycles. The lowest BCUT2D eigenvalue weighted by Gasteiger charge is -2.33. The Morgan fingerprint density at radius 1 is 0.949 bits per heavy atom. The first-order valence-electron chi connectivity index (χ1n) is 12.2. The molecule has 11 heteroatoms. The third-order valence-corrected chi connectivity index (χ3v) is 7.87. The number of likely N-dealkylation sites (N-methyl/N-ethyl adjacent to an activating group) is 1. The van der Waals surface area contributed by atoms with Crippen LogP contribution in [0.2, 0.25) is 10.0 Å². The summed E-state index contributed by atoms with van der Waals surface area (Å²) in [6.07, 6.45) is 1.21. The quantitative estimate of drug-likeness (QED) is 0.333. The van der Waals surface area contributed by atoms with Gasteiger partial charge in [0.15, 0.2) is 0 Å². The second-order valence-electron chi connectivity index (χ2n) is 8.74. The third kappa shape index (κ3) is 8.11. The van der Waals surface area contributed by atoms with Crippen LogP contribution in [-0.4, -0.2) is 57.6 Å². The maximum absolute atomic E-state index is 14.0. The molecule has 3 aromatic rings. The van der Waals surface area contributed by atoms with E-state index >= 15 is 0 Å². The molecular formula is C28H31Cl2N3O5S. The molecule has 0 aromatic heterocycles. The molecule has 2 amide bonds. The normalized spacial score (nSPS) is 11.9. The highest BCUT2D eigenvalue weighted by Crippen LogP contribution is 2.28. The topological polar surface area (TPSA) is 96.0 Å². The Hall–Kier alpha value is -3.27. The molecule has 208 valence electrons. The van der Waals surface area contributed by atoms with Crippen molar-refractivity contribution in [2.24, 2.45) is 0 Å². The molecule has 0 heterocycles. The zero-order valence-electron chi connectivity index (χ0n) is 21.9. The summed E-state index contributed by atoms with van der Waals surface area (Å²) >= 11 is 12.9. The van der Waals surface area contributed by atoms with Crippen LogP contribution in [0, 0.1) is 0 Å². The van der Waals surface area contributed by atoms with Gasteiger partial charge in [0.05, 0.1) is 18.6 Å². The Balaban J connectivity index is 2.04. The van der Waals surface area contributed by atoms with Crippen molar-refractivity contribution >= 4 is 50.7 Å². The number of carbonyl (C=O) groups is 2. The summed E-state index contributed by atoms with van der Waals surface area (Å²) in [6, 6.07) is 19.6. The Bertz CT molecular complexity index is 1370. The first-order chi connectivity index (χ1) is 18.5. The molecule has 0 bridgehead atoms. The van der Waals surface area contributed by atoms with Gasteiger partial charge in [-0.3, -0.25) is 13.9 Å². The van der Waals surface area contributed by atoms with Crippen LogP contribution >= 0.6 is 23.2 Å². The fourth-order valence-electron chi connectivity index (χ4n) is 4.06. The van der Waals surface area contributed by atoms with Crippen molar-refractivity contribution in [1.82, 2.24) is 10.2 Å². The lowest BCUT2D eigenvalue weighted by Crippen LogP contribution is -2.53. The van der Waals surface area contributed by atoms with Gasteiger partial charge in [-0.15, -0.1) is 0 Å². The molecule has 0 unspecified atom stereocenters. The van der Waals surface area contributed by atoms with E-state index in [-0.39, 0.29) is 18.7 Å². The summed E-state index contributed by atoms with van der Waals surface area (Å²) in [5.41, 5.74) is 1.55. The van der Waals surface area contributed by atoms with Crippen LogP contribution in [-0.2, 0) is 32.6 Å². The molecule has 0 aliphatic heterocycles. The SMILES string of the molecule is CCOc1ccc(N(CC(=O)N(Cc2c(Cl)cccc2Cl)[C@@H](Cc2ccccc2)C(=O)NC)S(C)(=O)=O)cc1. The van der Waals surface area contributed by atoms with Crippen LogP contribution in [0.4, 0.5) is 5.69 Å². The van der Waals surface area contributed by atoms with Crippen LogP contribution in [0.3, 0.4) is 0 Å². The summed E-state index contributed by atoms with van der Waals surface area (Å²) in [7, 11) is -2.40. The fourth-order valence-corrected chi connectivity index (χ4v) is 5.43. The van der Waals surface area contributed by atoms with Crippen molar-refractivity contribution < 1.29 is 22.7 Å². The number of sulfonamides is 1. The molecule has 39 heavy (non-hydrogen) atoms. The van der Waals surface area contributed by atoms with E-state index in [9.17, 15) is 18.0 Å². The molecule has 0 fully saturated rings. The van der Waals surface area contributed by atoms with Gasteiger partial charge in [-0.2, -0.15) is 0 Å². The molecule has 8 nitrogen and oxygen atoms in total. The first-order valence-corrected chi connectivity index (χ1v) is 14.8. The van der Waals surface area contributed by atoms with Crippen molar-refractivity contribution in [2.45, 2.75) is 25.9 Å². The molecule has 3 rings (SSSR count). The zero-order chi connectivity index (χ0) is 28.6. The van der Waals surface area contributed by atoms with E-state index in [1.165, 1.54) is 11.9 Å². The van der Waals surface area contributed by atoms with Crippen LogP contribution in [0.1, 0.15) is 18.1 Å². The summed E-state index contributed by atoms with van der Waals surface area (Å²) < 4.78 is 32.1. The number of amides is 2. The van der Waals surface area contributed by atoms with Crippen molar-refractivity contribution in [1.29, 1.82) is 0 Å². The van der Waals surface area contributed by atoms with Gasteiger partial charge in [0.1, 0.15) is 18.3 Å². The number of halogens is 2. The van der Waals surface area contributed by atoms with Crippen molar-refractivity contribution in [2.75, 3.05) is 30.8 Å². The minimum absolute atomic E-state index is 0.108. The average Bonchev–Trinajstić information content (AvgIpc) is 2.91. The maximum atomic E-state index is 14.0. The van der Waals surface area contributed by atoms with Crippen LogP contribution in [0.25, 0.3) is 0 Å². The number of hydrogen-bond acceptors (Lipinski definition) is 5. The van der Waals surface area contributed by atoms with Gasteiger partial charge in [-0.25, -0.2) is 8.42 Å². The van der Waals surface area contributed by atoms with Crippen LogP contribution in [0.15, 0.2) is 72.8 Å². The van der Waals surface area contributed by atoms with Crippen LogP contribution in [0.5, 0.6) is 5.75 Å². The maximum Gasteiger partial charge on any atom is 0.244 e. The molecule has 0 saturated carbocycles. The monoisotopic (exact) mass is 591 g/mol. The van der Waals surface area contributed by atoms with Gasteiger partial charge in [0, 0.05) is 35.6 Å². The van der Waals surface area contributed by atoms with Gasteiger partial charge in [-0.05, 0) is 48.9 Å². The lowest BCUT2D eigenvalue weighted by molar-refractivity contribution is -0.139. The largest absolute Gasteiger partial charge is 0.494 e. The van der Waals surface area contributed by atoms with Gasteiger partial charge in [0.25, 0.3) is 0 Å². The number of nitrogens with zero attached hydrogens (tertiary/aromatic N) is 2. The number of hydrogen-bond donors (Lipinski definition) is 1. The number of carbonyl (C=O) groups excluding carboxylic acids is 2. The predicted molar refractivity (Wildman–Crippen MR) is 155 cm³/mol. The van der Waals surface area contributed by atoms with Crippen LogP contribution < -0.4 is 14.4 Å². The summed E-state index contributed by atoms with van der Waals surface area (Å²) in [5.74, 6) is -0.448. The summed E-state index contributed by atoms with van der Waals surface area (Å²) in [4.78, 5) is 28.4. The van der Waals surface area contributed by atoms with E-state index in [0.29, 0.717) is 28.0 Å². The summed E-state index contributed by atoms with van der Waals surface area (Å²) in [6.45, 7) is 1.64. The minimum atomic E-state index is -3.88. The fraction of sp³-hybridized carbons (Fsp3) is 0.286. The van der Waals surface area contributed by atoms with Crippen molar-refractivity contribution in [3.63, 3.8) is 0 Å². The Morgan fingerprint density at radius 3 is 2.10 bits per heavy atom. The van der Waals surface area contributed by atoms with E-state index in [1.807, 2.05) is 37.3 Å². The van der Waals surface area contributed by atoms with E-state index in [0.717, 1.165) is 16.1 Å². The first kappa shape index (κ1) is 30.3. The van der Waals surface area contributed by atoms with E-state index in [4.69, 9.17) is 27.9 Å². The number of anilines is 1. The molecule has 0 aliphatic rings. The molecule has 1 N–H and O–H groups in total. The highest BCUT2D eigenvalue weighted by molar-refractivity contribution is 7.92. The number of ether oxygens (including phenoxy) is 1. The predicted octanol–water partition coefficient (Wildman–Crippen LogP) is 4.54. The molecule has 0 radical (unpaired) electrons. The highest BCUT2D eigenvalue weighted by atomic mass is 35.5. The Kier molecular flexibility index (Phi) is 10.6. The minimum Gasteiger partial charge on any atom is -0.494 e. The van der Waals surface area contributed by atoms with Gasteiger partial charge >= 0.3 is 0 Å². The zero-order valence-corrected chi connectivity index (χ0v) is 24.3.